The van der Waals surface area contributed by atoms with Crippen LogP contribution in [0.2, 0.25) is 0 Å². The number of amides is 1. The van der Waals surface area contributed by atoms with Gasteiger partial charge in [0.2, 0.25) is 0 Å². The summed E-state index contributed by atoms with van der Waals surface area (Å²) in [6, 6.07) is 2.70. The number of nitrogens with two attached hydrogens (primary N) is 1. The van der Waals surface area contributed by atoms with Crippen molar-refractivity contribution in [2.24, 2.45) is 5.73 Å². The van der Waals surface area contributed by atoms with Crippen molar-refractivity contribution < 1.29 is 26.0 Å². The number of nitrogens with one attached hydrogen (secondary N) is 1. The second-order valence-electron chi connectivity index (χ2n) is 5.57. The van der Waals surface area contributed by atoms with E-state index in [1.165, 1.54) is 19.1 Å². The van der Waals surface area contributed by atoms with Gasteiger partial charge < -0.3 is 14.7 Å². The van der Waals surface area contributed by atoms with Gasteiger partial charge in [0.05, 0.1) is 0 Å². The zero-order valence-electron chi connectivity index (χ0n) is 12.8. The van der Waals surface area contributed by atoms with E-state index < -0.39 is 22.2 Å². The van der Waals surface area contributed by atoms with Crippen molar-refractivity contribution in [1.82, 2.24) is 0 Å². The molecule has 0 fully saturated rings. The van der Waals surface area contributed by atoms with Crippen molar-refractivity contribution in [1.29, 1.82) is 0 Å². The number of carbonyl (C=O) groups excluding carboxylic acids is 1. The Morgan fingerprint density at radius 3 is 2.41 bits per heavy atom. The highest BCUT2D eigenvalue weighted by atomic mass is 32.3. The maximum absolute atomic E-state index is 12.7. The first-order chi connectivity index (χ1) is 9.91. The molecule has 0 radical (unpaired) electrons. The summed E-state index contributed by atoms with van der Waals surface area (Å²) >= 11 is 0. The van der Waals surface area contributed by atoms with E-state index in [9.17, 15) is 17.1 Å². The number of hydrogen-bond acceptors (Lipinski definition) is 6. The van der Waals surface area contributed by atoms with Crippen LogP contribution in [-0.4, -0.2) is 20.1 Å². The van der Waals surface area contributed by atoms with Crippen molar-refractivity contribution in [3.05, 3.63) is 23.3 Å². The third-order valence-electron chi connectivity index (χ3n) is 2.52. The molecule has 7 nitrogen and oxygen atoms in total. The summed E-state index contributed by atoms with van der Waals surface area (Å²) in [5.41, 5.74) is 5.87. The van der Waals surface area contributed by atoms with Crippen LogP contribution in [0, 0.1) is 6.92 Å². The summed E-state index contributed by atoms with van der Waals surface area (Å²) in [6.07, 6.45) is -0.742. The number of halogens is 1. The van der Waals surface area contributed by atoms with Gasteiger partial charge in [-0.25, -0.2) is 4.79 Å². The maximum Gasteiger partial charge on any atom is 0.488 e. The summed E-state index contributed by atoms with van der Waals surface area (Å²) in [7, 11) is -5.18. The van der Waals surface area contributed by atoms with E-state index in [2.05, 4.69) is 9.50 Å². The van der Waals surface area contributed by atoms with Gasteiger partial charge in [0.15, 0.2) is 5.75 Å². The predicted molar refractivity (Wildman–Crippen MR) is 79.6 cm³/mol. The Hall–Kier alpha value is -1.87. The van der Waals surface area contributed by atoms with Gasteiger partial charge >= 0.3 is 16.6 Å². The molecule has 3 N–H and O–H groups in total. The van der Waals surface area contributed by atoms with Crippen molar-refractivity contribution in [2.45, 2.75) is 39.8 Å². The molecule has 0 aliphatic heterocycles. The molecule has 0 saturated carbocycles. The third kappa shape index (κ3) is 5.86. The fourth-order valence-electron chi connectivity index (χ4n) is 1.64. The Balaban J connectivity index is 3.11. The minimum absolute atomic E-state index is 0.0539. The van der Waals surface area contributed by atoms with E-state index in [4.69, 9.17) is 10.5 Å². The van der Waals surface area contributed by atoms with Crippen LogP contribution in [0.15, 0.2) is 12.1 Å². The van der Waals surface area contributed by atoms with Crippen molar-refractivity contribution >= 4 is 22.3 Å². The van der Waals surface area contributed by atoms with Gasteiger partial charge in [0.25, 0.3) is 0 Å². The van der Waals surface area contributed by atoms with E-state index in [1.54, 1.807) is 20.8 Å². The summed E-state index contributed by atoms with van der Waals surface area (Å²) in [5, 5.41) is 2.41. The molecule has 22 heavy (non-hydrogen) atoms. The molecule has 0 aromatic heterocycles. The minimum atomic E-state index is -5.18. The average Bonchev–Trinajstić information content (AvgIpc) is 2.28. The first-order valence-electron chi connectivity index (χ1n) is 6.39. The highest BCUT2D eigenvalue weighted by molar-refractivity contribution is 7.81. The zero-order chi connectivity index (χ0) is 17.1. The number of anilines is 1. The van der Waals surface area contributed by atoms with Crippen LogP contribution in [0.4, 0.5) is 14.4 Å². The summed E-state index contributed by atoms with van der Waals surface area (Å²) < 4.78 is 43.3. The van der Waals surface area contributed by atoms with Crippen LogP contribution in [0.25, 0.3) is 0 Å². The Kier molecular flexibility index (Phi) is 5.36. The number of rotatable bonds is 4. The molecular formula is C13H19FN2O5S. The highest BCUT2D eigenvalue weighted by Gasteiger charge is 2.19. The Morgan fingerprint density at radius 2 is 1.95 bits per heavy atom. The van der Waals surface area contributed by atoms with Crippen LogP contribution < -0.4 is 15.2 Å². The quantitative estimate of drug-likeness (QED) is 0.819. The fraction of sp³-hybridized carbons (Fsp3) is 0.462. The zero-order valence-corrected chi connectivity index (χ0v) is 13.6. The third-order valence-corrected chi connectivity index (χ3v) is 2.90. The van der Waals surface area contributed by atoms with Gasteiger partial charge in [-0.1, -0.05) is 3.89 Å². The van der Waals surface area contributed by atoms with Gasteiger partial charge in [0.1, 0.15) is 5.60 Å². The fourth-order valence-corrected chi connectivity index (χ4v) is 2.03. The number of hydrogen-bond donors (Lipinski definition) is 2. The predicted octanol–water partition coefficient (Wildman–Crippen LogP) is 2.39. The van der Waals surface area contributed by atoms with E-state index in [0.717, 1.165) is 0 Å². The molecule has 0 saturated heterocycles. The van der Waals surface area contributed by atoms with Crippen LogP contribution in [0.5, 0.6) is 5.75 Å². The first-order valence-corrected chi connectivity index (χ1v) is 7.70. The molecule has 9 heteroatoms. The highest BCUT2D eigenvalue weighted by Crippen LogP contribution is 2.28. The van der Waals surface area contributed by atoms with Crippen LogP contribution in [0.1, 0.15) is 31.9 Å². The van der Waals surface area contributed by atoms with Crippen LogP contribution >= 0.6 is 0 Å². The second-order valence-corrected chi connectivity index (χ2v) is 6.52. The molecule has 0 atom stereocenters. The van der Waals surface area contributed by atoms with E-state index in [1.807, 2.05) is 0 Å². The van der Waals surface area contributed by atoms with Gasteiger partial charge in [-0.05, 0) is 44.9 Å². The number of ether oxygens (including phenoxy) is 1. The summed E-state index contributed by atoms with van der Waals surface area (Å²) in [5.74, 6) is -0.253. The molecule has 1 amide bonds. The van der Waals surface area contributed by atoms with Gasteiger partial charge in [-0.2, -0.15) is 8.42 Å². The van der Waals surface area contributed by atoms with Gasteiger partial charge in [0, 0.05) is 18.3 Å². The Labute approximate surface area is 129 Å². The summed E-state index contributed by atoms with van der Waals surface area (Å²) in [6.45, 7) is 6.66. The molecule has 1 rings (SSSR count). The minimum Gasteiger partial charge on any atom is -0.444 e. The molecule has 0 aliphatic rings. The average molecular weight is 334 g/mol. The normalized spacial score (nSPS) is 11.9. The smallest absolute Gasteiger partial charge is 0.444 e. The SMILES string of the molecule is Cc1c(CN)cc(NC(=O)OC(C)(C)C)cc1OS(=O)(=O)F. The van der Waals surface area contributed by atoms with E-state index in [-0.39, 0.29) is 18.0 Å². The lowest BCUT2D eigenvalue weighted by Crippen LogP contribution is -2.27. The molecule has 0 bridgehead atoms. The van der Waals surface area contributed by atoms with Crippen LogP contribution in [-0.2, 0) is 21.8 Å². The lowest BCUT2D eigenvalue weighted by molar-refractivity contribution is 0.0636. The molecule has 0 unspecified atom stereocenters. The molecule has 0 aliphatic carbocycles. The Bertz CT molecular complexity index is 668. The topological polar surface area (TPSA) is 108 Å². The van der Waals surface area contributed by atoms with Crippen molar-refractivity contribution in [3.8, 4) is 5.75 Å². The number of benzene rings is 1. The van der Waals surface area contributed by atoms with E-state index in [0.29, 0.717) is 11.1 Å². The molecule has 1 aromatic carbocycles. The van der Waals surface area contributed by atoms with Crippen LogP contribution in [0.3, 0.4) is 0 Å². The van der Waals surface area contributed by atoms with Gasteiger partial charge in [-0.15, -0.1) is 0 Å². The maximum atomic E-state index is 12.7. The van der Waals surface area contributed by atoms with Crippen molar-refractivity contribution in [3.63, 3.8) is 0 Å². The molecule has 124 valence electrons. The van der Waals surface area contributed by atoms with Crippen molar-refractivity contribution in [2.75, 3.05) is 5.32 Å². The molecule has 0 spiro atoms. The molecular weight excluding hydrogens is 315 g/mol. The van der Waals surface area contributed by atoms with Gasteiger partial charge in [-0.3, -0.25) is 5.32 Å². The second kappa shape index (κ2) is 6.49. The monoisotopic (exact) mass is 334 g/mol. The largest absolute Gasteiger partial charge is 0.488 e. The Morgan fingerprint density at radius 1 is 1.36 bits per heavy atom. The first kappa shape index (κ1) is 18.2. The van der Waals surface area contributed by atoms with E-state index >= 15 is 0 Å². The molecule has 0 heterocycles. The number of carbonyl (C=O) groups is 1. The standard InChI is InChI=1S/C13H19FN2O5S/c1-8-9(7-15)5-10(6-11(8)21-22(14,18)19)16-12(17)20-13(2,3)4/h5-6H,7,15H2,1-4H3,(H,16,17). The lowest BCUT2D eigenvalue weighted by Gasteiger charge is -2.20. The molecule has 1 aromatic rings. The lowest BCUT2D eigenvalue weighted by atomic mass is 10.1. The summed E-state index contributed by atoms with van der Waals surface area (Å²) in [4.78, 5) is 11.7.